The van der Waals surface area contributed by atoms with E-state index in [0.29, 0.717) is 23.2 Å². The number of nitrogens with one attached hydrogen (secondary N) is 1. The predicted molar refractivity (Wildman–Crippen MR) is 99.4 cm³/mol. The molecular formula is C19H22N2O4S. The number of carbonyl (C=O) groups excluding carboxylic acids is 1. The molecule has 4 N–H and O–H groups in total. The van der Waals surface area contributed by atoms with Crippen LogP contribution in [0.2, 0.25) is 0 Å². The van der Waals surface area contributed by atoms with Crippen LogP contribution in [0.25, 0.3) is 0 Å². The molecule has 2 unspecified atom stereocenters. The predicted octanol–water partition coefficient (Wildman–Crippen LogP) is 2.76. The third kappa shape index (κ3) is 3.65. The highest BCUT2D eigenvalue weighted by atomic mass is 32.2. The van der Waals surface area contributed by atoms with Gasteiger partial charge in [-0.2, -0.15) is 0 Å². The number of benzene rings is 2. The lowest BCUT2D eigenvalue weighted by atomic mass is 9.89. The Morgan fingerprint density at radius 3 is 2.62 bits per heavy atom. The number of aliphatic hydroxyl groups excluding tert-OH is 1. The van der Waals surface area contributed by atoms with Gasteiger partial charge < -0.3 is 10.4 Å². The van der Waals surface area contributed by atoms with Crippen LogP contribution in [-0.4, -0.2) is 19.3 Å². The molecule has 0 fully saturated rings. The molecule has 0 bridgehead atoms. The molecule has 0 aromatic heterocycles. The molecule has 1 aliphatic heterocycles. The maximum atomic E-state index is 12.2. The van der Waals surface area contributed by atoms with Gasteiger partial charge in [0.1, 0.15) is 0 Å². The first-order valence-corrected chi connectivity index (χ1v) is 9.97. The van der Waals surface area contributed by atoms with E-state index >= 15 is 0 Å². The van der Waals surface area contributed by atoms with Crippen molar-refractivity contribution in [3.63, 3.8) is 0 Å². The quantitative estimate of drug-likeness (QED) is 0.713. The van der Waals surface area contributed by atoms with Crippen molar-refractivity contribution in [2.75, 3.05) is 5.32 Å². The van der Waals surface area contributed by atoms with Crippen LogP contribution in [0.3, 0.4) is 0 Å². The number of aliphatic hydroxyl groups is 1. The van der Waals surface area contributed by atoms with E-state index in [2.05, 4.69) is 5.32 Å². The minimum absolute atomic E-state index is 0.0277. The second-order valence-electron chi connectivity index (χ2n) is 6.89. The first-order chi connectivity index (χ1) is 12.2. The van der Waals surface area contributed by atoms with Gasteiger partial charge in [0.2, 0.25) is 10.0 Å². The van der Waals surface area contributed by atoms with E-state index in [1.165, 1.54) is 12.1 Å². The second kappa shape index (κ2) is 6.83. The molecule has 6 nitrogen and oxygen atoms in total. The number of nitrogens with two attached hydrogens (primary N) is 1. The Hall–Kier alpha value is -2.22. The summed E-state index contributed by atoms with van der Waals surface area (Å²) >= 11 is 0. The number of fused-ring (bicyclic) bond motifs is 1. The summed E-state index contributed by atoms with van der Waals surface area (Å²) in [7, 11) is -3.83. The van der Waals surface area contributed by atoms with Crippen LogP contribution in [0.1, 0.15) is 53.9 Å². The Morgan fingerprint density at radius 1 is 1.23 bits per heavy atom. The van der Waals surface area contributed by atoms with E-state index in [4.69, 9.17) is 5.14 Å². The highest BCUT2D eigenvalue weighted by molar-refractivity contribution is 7.89. The number of sulfonamides is 1. The van der Waals surface area contributed by atoms with Crippen LogP contribution in [-0.2, 0) is 10.0 Å². The zero-order chi connectivity index (χ0) is 19.1. The third-order valence-corrected chi connectivity index (χ3v) is 5.51. The highest BCUT2D eigenvalue weighted by Gasteiger charge is 2.28. The van der Waals surface area contributed by atoms with Crippen LogP contribution in [0.5, 0.6) is 0 Å². The van der Waals surface area contributed by atoms with Gasteiger partial charge in [-0.1, -0.05) is 32.0 Å². The summed E-state index contributed by atoms with van der Waals surface area (Å²) in [6.07, 6.45) is -0.470. The molecule has 0 saturated heterocycles. The van der Waals surface area contributed by atoms with Crippen molar-refractivity contribution in [1.29, 1.82) is 0 Å². The van der Waals surface area contributed by atoms with Gasteiger partial charge in [-0.15, -0.1) is 0 Å². The Balaban J connectivity index is 1.92. The van der Waals surface area contributed by atoms with Crippen molar-refractivity contribution >= 4 is 21.5 Å². The first-order valence-electron chi connectivity index (χ1n) is 8.42. The van der Waals surface area contributed by atoms with Crippen molar-refractivity contribution in [3.05, 3.63) is 59.2 Å². The molecule has 0 spiro atoms. The molecule has 2 aromatic rings. The number of hydrogen-bond donors (Lipinski definition) is 3. The number of rotatable bonds is 4. The van der Waals surface area contributed by atoms with Gasteiger partial charge in [-0.3, -0.25) is 4.79 Å². The maximum Gasteiger partial charge on any atom is 0.238 e. The monoisotopic (exact) mass is 374 g/mol. The molecule has 1 aliphatic rings. The van der Waals surface area contributed by atoms with Crippen LogP contribution in [0, 0.1) is 5.92 Å². The smallest absolute Gasteiger partial charge is 0.238 e. The van der Waals surface area contributed by atoms with Crippen LogP contribution >= 0.6 is 0 Å². The average Bonchev–Trinajstić information content (AvgIpc) is 2.60. The minimum atomic E-state index is -3.83. The molecule has 2 aromatic carbocycles. The van der Waals surface area contributed by atoms with Gasteiger partial charge in [0.15, 0.2) is 5.78 Å². The molecule has 3 rings (SSSR count). The van der Waals surface area contributed by atoms with Crippen molar-refractivity contribution in [1.82, 2.24) is 0 Å². The number of carbonyl (C=O) groups is 1. The third-order valence-electron chi connectivity index (χ3n) is 4.60. The fraction of sp³-hybridized carbons (Fsp3) is 0.316. The summed E-state index contributed by atoms with van der Waals surface area (Å²) in [5.74, 6) is -0.0195. The van der Waals surface area contributed by atoms with Gasteiger partial charge in [0.25, 0.3) is 0 Å². The lowest BCUT2D eigenvalue weighted by Crippen LogP contribution is -2.23. The number of primary sulfonamides is 1. The fourth-order valence-electron chi connectivity index (χ4n) is 3.18. The maximum absolute atomic E-state index is 12.2. The topological polar surface area (TPSA) is 109 Å². The van der Waals surface area contributed by atoms with Gasteiger partial charge in [0, 0.05) is 29.2 Å². The zero-order valence-electron chi connectivity index (χ0n) is 14.6. The standard InChI is InChI=1S/C19H22N2O4S/c1-11(2)19(23)13-5-3-4-12(8-13)17-10-18(22)15-9-14(26(20,24)25)6-7-16(15)21-17/h3-9,11,17-18,21-22H,10H2,1-2H3,(H2,20,24,25). The Morgan fingerprint density at radius 2 is 1.96 bits per heavy atom. The lowest BCUT2D eigenvalue weighted by Gasteiger charge is -2.31. The molecule has 2 atom stereocenters. The molecule has 7 heteroatoms. The van der Waals surface area contributed by atoms with Gasteiger partial charge in [0.05, 0.1) is 17.0 Å². The SMILES string of the molecule is CC(C)C(=O)c1cccc(C2CC(O)c3cc(S(N)(=O)=O)ccc3N2)c1. The van der Waals surface area contributed by atoms with Crippen molar-refractivity contribution in [2.24, 2.45) is 11.1 Å². The van der Waals surface area contributed by atoms with E-state index in [9.17, 15) is 18.3 Å². The van der Waals surface area contributed by atoms with Crippen LogP contribution < -0.4 is 10.5 Å². The van der Waals surface area contributed by atoms with E-state index in [-0.39, 0.29) is 22.6 Å². The highest BCUT2D eigenvalue weighted by Crippen LogP contribution is 2.39. The summed E-state index contributed by atoms with van der Waals surface area (Å²) in [5.41, 5.74) is 2.70. The molecule has 138 valence electrons. The first kappa shape index (κ1) is 18.6. The normalized spacial score (nSPS) is 19.7. The number of anilines is 1. The van der Waals surface area contributed by atoms with E-state index in [0.717, 1.165) is 5.56 Å². The summed E-state index contributed by atoms with van der Waals surface area (Å²) in [6.45, 7) is 3.72. The van der Waals surface area contributed by atoms with Crippen molar-refractivity contribution in [3.8, 4) is 0 Å². The van der Waals surface area contributed by atoms with Crippen molar-refractivity contribution < 1.29 is 18.3 Å². The van der Waals surface area contributed by atoms with Crippen molar-refractivity contribution in [2.45, 2.75) is 37.3 Å². The molecule has 0 radical (unpaired) electrons. The fourth-order valence-corrected chi connectivity index (χ4v) is 3.73. The summed E-state index contributed by atoms with van der Waals surface area (Å²) in [4.78, 5) is 12.2. The minimum Gasteiger partial charge on any atom is -0.388 e. The molecule has 26 heavy (non-hydrogen) atoms. The Bertz CT molecular complexity index is 954. The van der Waals surface area contributed by atoms with Crippen LogP contribution in [0.4, 0.5) is 5.69 Å². The van der Waals surface area contributed by atoms with E-state index in [1.54, 1.807) is 12.1 Å². The van der Waals surface area contributed by atoms with E-state index < -0.39 is 16.1 Å². The number of ketones is 1. The van der Waals surface area contributed by atoms with E-state index in [1.807, 2.05) is 32.0 Å². The number of hydrogen-bond acceptors (Lipinski definition) is 5. The number of Topliss-reactive ketones (excluding diaryl/α,β-unsaturated/α-hetero) is 1. The molecule has 0 amide bonds. The molecule has 0 aliphatic carbocycles. The van der Waals surface area contributed by atoms with Crippen LogP contribution in [0.15, 0.2) is 47.4 Å². The van der Waals surface area contributed by atoms with Gasteiger partial charge >= 0.3 is 0 Å². The molecule has 1 heterocycles. The Labute approximate surface area is 153 Å². The van der Waals surface area contributed by atoms with Gasteiger partial charge in [-0.05, 0) is 29.8 Å². The largest absolute Gasteiger partial charge is 0.388 e. The Kier molecular flexibility index (Phi) is 4.88. The van der Waals surface area contributed by atoms with Gasteiger partial charge in [-0.25, -0.2) is 13.6 Å². The summed E-state index contributed by atoms with van der Waals surface area (Å²) in [6, 6.07) is 11.6. The lowest BCUT2D eigenvalue weighted by molar-refractivity contribution is 0.0939. The zero-order valence-corrected chi connectivity index (χ0v) is 15.5. The summed E-state index contributed by atoms with van der Waals surface area (Å²) < 4.78 is 23.0. The summed E-state index contributed by atoms with van der Waals surface area (Å²) in [5, 5.41) is 19.0. The molecule has 0 saturated carbocycles. The average molecular weight is 374 g/mol. The molecular weight excluding hydrogens is 352 g/mol. The second-order valence-corrected chi connectivity index (χ2v) is 8.45.